The first-order chi connectivity index (χ1) is 8.86. The predicted octanol–water partition coefficient (Wildman–Crippen LogP) is 2.67. The molecular formula is C14H26N4O. The molecule has 19 heavy (non-hydrogen) atoms. The summed E-state index contributed by atoms with van der Waals surface area (Å²) in [7, 11) is 0. The molecule has 2 atom stereocenters. The van der Waals surface area contributed by atoms with E-state index in [-0.39, 0.29) is 17.9 Å². The highest BCUT2D eigenvalue weighted by atomic mass is 16.2. The SMILES string of the molecule is CCC(C)CC(C)NC(=O)c1n[nH]c(C(C)C)c1N. The average molecular weight is 266 g/mol. The number of carbonyl (C=O) groups excluding carboxylic acids is 1. The fourth-order valence-electron chi connectivity index (χ4n) is 2.10. The Labute approximate surface area is 115 Å². The largest absolute Gasteiger partial charge is 0.395 e. The van der Waals surface area contributed by atoms with Gasteiger partial charge in [0, 0.05) is 6.04 Å². The van der Waals surface area contributed by atoms with Crippen molar-refractivity contribution in [1.82, 2.24) is 15.5 Å². The Hall–Kier alpha value is -1.52. The van der Waals surface area contributed by atoms with Crippen molar-refractivity contribution in [2.75, 3.05) is 5.73 Å². The van der Waals surface area contributed by atoms with Gasteiger partial charge in [0.15, 0.2) is 5.69 Å². The van der Waals surface area contributed by atoms with E-state index in [4.69, 9.17) is 5.73 Å². The third-order valence-corrected chi connectivity index (χ3v) is 3.46. The number of anilines is 1. The second-order valence-electron chi connectivity index (χ2n) is 5.68. The van der Waals surface area contributed by atoms with Gasteiger partial charge in [-0.3, -0.25) is 9.89 Å². The Morgan fingerprint density at radius 2 is 2.00 bits per heavy atom. The maximum atomic E-state index is 12.1. The molecule has 0 fully saturated rings. The van der Waals surface area contributed by atoms with Crippen LogP contribution in [0.15, 0.2) is 0 Å². The van der Waals surface area contributed by atoms with Gasteiger partial charge in [0.05, 0.1) is 11.4 Å². The number of nitrogen functional groups attached to an aromatic ring is 1. The van der Waals surface area contributed by atoms with Crippen molar-refractivity contribution in [1.29, 1.82) is 0 Å². The monoisotopic (exact) mass is 266 g/mol. The van der Waals surface area contributed by atoms with Crippen LogP contribution in [0.1, 0.15) is 69.6 Å². The van der Waals surface area contributed by atoms with Crippen LogP contribution in [0.4, 0.5) is 5.69 Å². The molecule has 1 rings (SSSR count). The van der Waals surface area contributed by atoms with Crippen LogP contribution < -0.4 is 11.1 Å². The summed E-state index contributed by atoms with van der Waals surface area (Å²) in [5, 5.41) is 9.82. The quantitative estimate of drug-likeness (QED) is 0.740. The van der Waals surface area contributed by atoms with Crippen LogP contribution in [0.3, 0.4) is 0 Å². The smallest absolute Gasteiger partial charge is 0.274 e. The van der Waals surface area contributed by atoms with Crippen LogP contribution in [0.5, 0.6) is 0 Å². The molecule has 1 aromatic rings. The van der Waals surface area contributed by atoms with Crippen LogP contribution in [0, 0.1) is 5.92 Å². The van der Waals surface area contributed by atoms with Crippen LogP contribution in [0.2, 0.25) is 0 Å². The van der Waals surface area contributed by atoms with Crippen molar-refractivity contribution >= 4 is 11.6 Å². The molecule has 108 valence electrons. The topological polar surface area (TPSA) is 83.8 Å². The molecule has 0 saturated carbocycles. The van der Waals surface area contributed by atoms with Gasteiger partial charge in [-0.15, -0.1) is 0 Å². The van der Waals surface area contributed by atoms with Gasteiger partial charge in [0.25, 0.3) is 5.91 Å². The zero-order valence-electron chi connectivity index (χ0n) is 12.6. The number of aromatic nitrogens is 2. The van der Waals surface area contributed by atoms with E-state index < -0.39 is 0 Å². The molecule has 5 nitrogen and oxygen atoms in total. The van der Waals surface area contributed by atoms with Gasteiger partial charge in [-0.25, -0.2) is 0 Å². The van der Waals surface area contributed by atoms with Crippen LogP contribution >= 0.6 is 0 Å². The van der Waals surface area contributed by atoms with Gasteiger partial charge >= 0.3 is 0 Å². The second kappa shape index (κ2) is 6.59. The molecule has 0 radical (unpaired) electrons. The second-order valence-corrected chi connectivity index (χ2v) is 5.68. The number of aromatic amines is 1. The summed E-state index contributed by atoms with van der Waals surface area (Å²) in [5.74, 6) is 0.626. The molecule has 5 heteroatoms. The van der Waals surface area contributed by atoms with Crippen molar-refractivity contribution < 1.29 is 4.79 Å². The lowest BCUT2D eigenvalue weighted by Crippen LogP contribution is -2.34. The Balaban J connectivity index is 2.68. The van der Waals surface area contributed by atoms with E-state index in [1.165, 1.54) is 0 Å². The van der Waals surface area contributed by atoms with Gasteiger partial charge < -0.3 is 11.1 Å². The van der Waals surface area contributed by atoms with Crippen LogP contribution in [-0.4, -0.2) is 22.1 Å². The molecule has 0 aliphatic rings. The minimum Gasteiger partial charge on any atom is -0.395 e. The average Bonchev–Trinajstić information content (AvgIpc) is 2.70. The number of hydrogen-bond donors (Lipinski definition) is 3. The lowest BCUT2D eigenvalue weighted by atomic mass is 10.0. The summed E-state index contributed by atoms with van der Waals surface area (Å²) in [4.78, 5) is 12.1. The van der Waals surface area contributed by atoms with Crippen molar-refractivity contribution in [3.63, 3.8) is 0 Å². The standard InChI is InChI=1S/C14H26N4O/c1-6-9(4)7-10(5)16-14(19)13-11(15)12(8(2)3)17-18-13/h8-10H,6-7,15H2,1-5H3,(H,16,19)(H,17,18). The van der Waals surface area contributed by atoms with E-state index in [0.29, 0.717) is 17.3 Å². The normalized spacial score (nSPS) is 14.4. The number of amides is 1. The first kappa shape index (κ1) is 15.5. The van der Waals surface area contributed by atoms with Gasteiger partial charge in [0.1, 0.15) is 0 Å². The van der Waals surface area contributed by atoms with E-state index in [1.807, 2.05) is 20.8 Å². The predicted molar refractivity (Wildman–Crippen MR) is 78.1 cm³/mol. The van der Waals surface area contributed by atoms with Crippen molar-refractivity contribution in [2.45, 2.75) is 59.4 Å². The number of H-pyrrole nitrogens is 1. The fraction of sp³-hybridized carbons (Fsp3) is 0.714. The number of carbonyl (C=O) groups is 1. The number of rotatable bonds is 6. The third kappa shape index (κ3) is 3.98. The maximum Gasteiger partial charge on any atom is 0.274 e. The molecule has 0 aliphatic carbocycles. The lowest BCUT2D eigenvalue weighted by Gasteiger charge is -2.17. The molecular weight excluding hydrogens is 240 g/mol. The highest BCUT2D eigenvalue weighted by molar-refractivity contribution is 5.97. The van der Waals surface area contributed by atoms with E-state index >= 15 is 0 Å². The van der Waals surface area contributed by atoms with E-state index in [0.717, 1.165) is 18.5 Å². The maximum absolute atomic E-state index is 12.1. The van der Waals surface area contributed by atoms with Crippen molar-refractivity contribution in [3.8, 4) is 0 Å². The summed E-state index contributed by atoms with van der Waals surface area (Å²) < 4.78 is 0. The summed E-state index contributed by atoms with van der Waals surface area (Å²) in [6.07, 6.45) is 2.08. The zero-order valence-corrected chi connectivity index (χ0v) is 12.6. The Bertz CT molecular complexity index is 425. The highest BCUT2D eigenvalue weighted by Gasteiger charge is 2.20. The Morgan fingerprint density at radius 3 is 2.47 bits per heavy atom. The van der Waals surface area contributed by atoms with Crippen LogP contribution in [-0.2, 0) is 0 Å². The minimum absolute atomic E-state index is 0.126. The highest BCUT2D eigenvalue weighted by Crippen LogP contribution is 2.22. The fourth-order valence-corrected chi connectivity index (χ4v) is 2.10. The van der Waals surface area contributed by atoms with Gasteiger partial charge in [-0.1, -0.05) is 34.1 Å². The summed E-state index contributed by atoms with van der Waals surface area (Å²) >= 11 is 0. The third-order valence-electron chi connectivity index (χ3n) is 3.46. The minimum atomic E-state index is -0.198. The molecule has 4 N–H and O–H groups in total. The molecule has 2 unspecified atom stereocenters. The molecule has 1 aromatic heterocycles. The summed E-state index contributed by atoms with van der Waals surface area (Å²) in [6.45, 7) is 10.4. The van der Waals surface area contributed by atoms with E-state index in [9.17, 15) is 4.79 Å². The number of hydrogen-bond acceptors (Lipinski definition) is 3. The van der Waals surface area contributed by atoms with Gasteiger partial charge in [0.2, 0.25) is 0 Å². The molecule has 1 amide bonds. The van der Waals surface area contributed by atoms with E-state index in [1.54, 1.807) is 0 Å². The molecule has 0 spiro atoms. The Morgan fingerprint density at radius 1 is 1.37 bits per heavy atom. The first-order valence-electron chi connectivity index (χ1n) is 7.01. The summed E-state index contributed by atoms with van der Waals surface area (Å²) in [6, 6.07) is 0.126. The molecule has 1 heterocycles. The first-order valence-corrected chi connectivity index (χ1v) is 7.01. The zero-order chi connectivity index (χ0) is 14.6. The number of nitrogens with zero attached hydrogens (tertiary/aromatic N) is 1. The molecule has 0 bridgehead atoms. The van der Waals surface area contributed by atoms with Crippen LogP contribution in [0.25, 0.3) is 0 Å². The van der Waals surface area contributed by atoms with Gasteiger partial charge in [-0.2, -0.15) is 5.10 Å². The lowest BCUT2D eigenvalue weighted by molar-refractivity contribution is 0.0931. The van der Waals surface area contributed by atoms with Crippen molar-refractivity contribution in [3.05, 3.63) is 11.4 Å². The van der Waals surface area contributed by atoms with Crippen molar-refractivity contribution in [2.24, 2.45) is 5.92 Å². The molecule has 0 saturated heterocycles. The Kier molecular flexibility index (Phi) is 5.39. The summed E-state index contributed by atoms with van der Waals surface area (Å²) in [5.41, 5.74) is 7.54. The van der Waals surface area contributed by atoms with E-state index in [2.05, 4.69) is 29.4 Å². The molecule has 0 aliphatic heterocycles. The number of nitrogens with two attached hydrogens (primary N) is 1. The molecule has 0 aromatic carbocycles. The number of nitrogens with one attached hydrogen (secondary N) is 2. The van der Waals surface area contributed by atoms with Gasteiger partial charge in [-0.05, 0) is 25.2 Å².